The lowest BCUT2D eigenvalue weighted by molar-refractivity contribution is -0.141. The van der Waals surface area contributed by atoms with Crippen molar-refractivity contribution in [2.24, 2.45) is 11.8 Å². The van der Waals surface area contributed by atoms with Crippen molar-refractivity contribution in [1.82, 2.24) is 10.2 Å². The van der Waals surface area contributed by atoms with Gasteiger partial charge in [0.15, 0.2) is 0 Å². The Morgan fingerprint density at radius 3 is 2.53 bits per heavy atom. The van der Waals surface area contributed by atoms with E-state index in [1.807, 2.05) is 6.92 Å². The van der Waals surface area contributed by atoms with Crippen LogP contribution in [-0.4, -0.2) is 45.7 Å². The first-order valence-electron chi connectivity index (χ1n) is 6.79. The quantitative estimate of drug-likeness (QED) is 0.814. The molecule has 0 radical (unpaired) electrons. The third kappa shape index (κ3) is 4.03. The SMILES string of the molecule is CCC1SCC(C(=O)O)N1C(=O)NCC(C)C(C)C. The molecule has 0 aliphatic carbocycles. The maximum absolute atomic E-state index is 12.2. The second-order valence-electron chi connectivity index (χ2n) is 5.36. The highest BCUT2D eigenvalue weighted by molar-refractivity contribution is 8.00. The summed E-state index contributed by atoms with van der Waals surface area (Å²) in [6.45, 7) is 8.85. The molecule has 3 unspecified atom stereocenters. The smallest absolute Gasteiger partial charge is 0.327 e. The Morgan fingerprint density at radius 1 is 1.42 bits per heavy atom. The highest BCUT2D eigenvalue weighted by Gasteiger charge is 2.40. The van der Waals surface area contributed by atoms with Gasteiger partial charge in [0, 0.05) is 12.3 Å². The Kier molecular flexibility index (Phi) is 5.97. The minimum absolute atomic E-state index is 0.0320. The van der Waals surface area contributed by atoms with Gasteiger partial charge in [-0.05, 0) is 18.3 Å². The van der Waals surface area contributed by atoms with Gasteiger partial charge in [-0.3, -0.25) is 4.90 Å². The number of nitrogens with one attached hydrogen (secondary N) is 1. The minimum atomic E-state index is -0.921. The number of carboxylic acids is 1. The normalized spacial score (nSPS) is 24.6. The van der Waals surface area contributed by atoms with Crippen LogP contribution in [0.5, 0.6) is 0 Å². The third-order valence-electron chi connectivity index (χ3n) is 3.67. The van der Waals surface area contributed by atoms with Gasteiger partial charge in [-0.1, -0.05) is 27.7 Å². The molecule has 1 rings (SSSR count). The van der Waals surface area contributed by atoms with Gasteiger partial charge in [-0.25, -0.2) is 9.59 Å². The molecule has 1 aliphatic rings. The Balaban J connectivity index is 2.63. The van der Waals surface area contributed by atoms with Crippen LogP contribution in [0.3, 0.4) is 0 Å². The monoisotopic (exact) mass is 288 g/mol. The molecule has 5 nitrogen and oxygen atoms in total. The van der Waals surface area contributed by atoms with Gasteiger partial charge in [-0.2, -0.15) is 0 Å². The summed E-state index contributed by atoms with van der Waals surface area (Å²) in [5.74, 6) is 0.421. The van der Waals surface area contributed by atoms with E-state index in [4.69, 9.17) is 0 Å². The van der Waals surface area contributed by atoms with Gasteiger partial charge >= 0.3 is 12.0 Å². The summed E-state index contributed by atoms with van der Waals surface area (Å²) in [4.78, 5) is 24.9. The van der Waals surface area contributed by atoms with Crippen molar-refractivity contribution >= 4 is 23.8 Å². The molecule has 1 aliphatic heterocycles. The number of carbonyl (C=O) groups is 2. The first kappa shape index (κ1) is 16.1. The molecule has 0 aromatic carbocycles. The maximum atomic E-state index is 12.2. The summed E-state index contributed by atoms with van der Waals surface area (Å²) < 4.78 is 0. The fourth-order valence-corrected chi connectivity index (χ4v) is 3.26. The lowest BCUT2D eigenvalue weighted by Crippen LogP contribution is -2.50. The van der Waals surface area contributed by atoms with Gasteiger partial charge in [0.2, 0.25) is 0 Å². The molecule has 2 N–H and O–H groups in total. The average Bonchev–Trinajstić information content (AvgIpc) is 2.79. The number of urea groups is 1. The van der Waals surface area contributed by atoms with Crippen molar-refractivity contribution in [3.63, 3.8) is 0 Å². The molecule has 0 bridgehead atoms. The number of amides is 2. The first-order chi connectivity index (χ1) is 8.88. The summed E-state index contributed by atoms with van der Waals surface area (Å²) in [6.07, 6.45) is 0.765. The molecule has 0 saturated carbocycles. The third-order valence-corrected chi connectivity index (χ3v) is 5.13. The van der Waals surface area contributed by atoms with Crippen LogP contribution < -0.4 is 5.32 Å². The number of carbonyl (C=O) groups excluding carboxylic acids is 1. The zero-order valence-electron chi connectivity index (χ0n) is 12.0. The molecule has 0 aromatic rings. The predicted octanol–water partition coefficient (Wildman–Crippen LogP) is 2.23. The minimum Gasteiger partial charge on any atom is -0.480 e. The summed E-state index contributed by atoms with van der Waals surface area (Å²) in [6, 6.07) is -0.957. The molecule has 1 fully saturated rings. The summed E-state index contributed by atoms with van der Waals surface area (Å²) in [5.41, 5.74) is 0. The van der Waals surface area contributed by atoms with Gasteiger partial charge in [0.05, 0.1) is 5.37 Å². The number of aliphatic carboxylic acids is 1. The molecule has 19 heavy (non-hydrogen) atoms. The summed E-state index contributed by atoms with van der Waals surface area (Å²) in [7, 11) is 0. The van der Waals surface area contributed by atoms with E-state index in [2.05, 4.69) is 26.1 Å². The van der Waals surface area contributed by atoms with Crippen molar-refractivity contribution in [3.8, 4) is 0 Å². The number of rotatable bonds is 5. The van der Waals surface area contributed by atoms with Gasteiger partial charge < -0.3 is 10.4 Å². The average molecular weight is 288 g/mol. The Hall–Kier alpha value is -0.910. The van der Waals surface area contributed by atoms with E-state index < -0.39 is 12.0 Å². The fraction of sp³-hybridized carbons (Fsp3) is 0.846. The van der Waals surface area contributed by atoms with Gasteiger partial charge in [0.25, 0.3) is 0 Å². The van der Waals surface area contributed by atoms with Crippen LogP contribution in [-0.2, 0) is 4.79 Å². The van der Waals surface area contributed by atoms with Crippen LogP contribution in [0.2, 0.25) is 0 Å². The van der Waals surface area contributed by atoms with E-state index >= 15 is 0 Å². The Labute approximate surface area is 119 Å². The van der Waals surface area contributed by atoms with E-state index in [1.165, 1.54) is 4.90 Å². The van der Waals surface area contributed by atoms with Crippen LogP contribution in [0.4, 0.5) is 4.79 Å². The molecular formula is C13H24N2O3S. The molecule has 0 spiro atoms. The van der Waals surface area contributed by atoms with Crippen LogP contribution in [0.1, 0.15) is 34.1 Å². The van der Waals surface area contributed by atoms with Crippen molar-refractivity contribution in [2.45, 2.75) is 45.5 Å². The van der Waals surface area contributed by atoms with Crippen LogP contribution in [0.25, 0.3) is 0 Å². The zero-order chi connectivity index (χ0) is 14.6. The second-order valence-corrected chi connectivity index (χ2v) is 6.58. The lowest BCUT2D eigenvalue weighted by atomic mass is 9.98. The fourth-order valence-electron chi connectivity index (χ4n) is 1.92. The van der Waals surface area contributed by atoms with E-state index in [9.17, 15) is 14.7 Å². The second kappa shape index (κ2) is 7.03. The highest BCUT2D eigenvalue weighted by atomic mass is 32.2. The number of thioether (sulfide) groups is 1. The number of hydrogen-bond acceptors (Lipinski definition) is 3. The van der Waals surface area contributed by atoms with E-state index in [0.717, 1.165) is 6.42 Å². The lowest BCUT2D eigenvalue weighted by Gasteiger charge is -2.28. The Morgan fingerprint density at radius 2 is 2.05 bits per heavy atom. The van der Waals surface area contributed by atoms with E-state index in [1.54, 1.807) is 11.8 Å². The molecule has 6 heteroatoms. The van der Waals surface area contributed by atoms with Crippen molar-refractivity contribution in [2.75, 3.05) is 12.3 Å². The molecular weight excluding hydrogens is 264 g/mol. The topological polar surface area (TPSA) is 69.6 Å². The number of carboxylic acid groups (broad SMARTS) is 1. The Bertz CT molecular complexity index is 336. The molecule has 110 valence electrons. The predicted molar refractivity (Wildman–Crippen MR) is 77.2 cm³/mol. The van der Waals surface area contributed by atoms with Gasteiger partial charge in [0.1, 0.15) is 6.04 Å². The van der Waals surface area contributed by atoms with Crippen molar-refractivity contribution < 1.29 is 14.7 Å². The summed E-state index contributed by atoms with van der Waals surface area (Å²) >= 11 is 1.54. The van der Waals surface area contributed by atoms with Gasteiger partial charge in [-0.15, -0.1) is 11.8 Å². The first-order valence-corrected chi connectivity index (χ1v) is 7.83. The molecule has 0 aromatic heterocycles. The van der Waals surface area contributed by atoms with Crippen LogP contribution >= 0.6 is 11.8 Å². The summed E-state index contributed by atoms with van der Waals surface area (Å²) in [5, 5.41) is 12.0. The zero-order valence-corrected chi connectivity index (χ0v) is 12.9. The molecule has 1 heterocycles. The number of hydrogen-bond donors (Lipinski definition) is 2. The highest BCUT2D eigenvalue weighted by Crippen LogP contribution is 2.31. The van der Waals surface area contributed by atoms with E-state index in [0.29, 0.717) is 24.1 Å². The maximum Gasteiger partial charge on any atom is 0.327 e. The molecule has 2 amide bonds. The largest absolute Gasteiger partial charge is 0.480 e. The standard InChI is InChI=1S/C13H24N2O3S/c1-5-11-15(10(7-19-11)12(16)17)13(18)14-6-9(4)8(2)3/h8-11H,5-7H2,1-4H3,(H,14,18)(H,16,17). The number of nitrogens with zero attached hydrogens (tertiary/aromatic N) is 1. The van der Waals surface area contributed by atoms with Crippen molar-refractivity contribution in [1.29, 1.82) is 0 Å². The molecule has 1 saturated heterocycles. The van der Waals surface area contributed by atoms with Crippen molar-refractivity contribution in [3.05, 3.63) is 0 Å². The van der Waals surface area contributed by atoms with Crippen LogP contribution in [0.15, 0.2) is 0 Å². The van der Waals surface area contributed by atoms with Crippen LogP contribution in [0, 0.1) is 11.8 Å². The molecule has 3 atom stereocenters. The van der Waals surface area contributed by atoms with E-state index in [-0.39, 0.29) is 11.4 Å².